The first kappa shape index (κ1) is 20.3. The lowest BCUT2D eigenvalue weighted by Crippen LogP contribution is -2.37. The highest BCUT2D eigenvalue weighted by molar-refractivity contribution is 5.93. The number of carbonyl (C=O) groups is 2. The molecule has 0 aromatic heterocycles. The zero-order valence-corrected chi connectivity index (χ0v) is 17.5. The molecule has 1 heterocycles. The summed E-state index contributed by atoms with van der Waals surface area (Å²) in [6.07, 6.45) is 3.57. The maximum absolute atomic E-state index is 12.9. The Labute approximate surface area is 177 Å². The van der Waals surface area contributed by atoms with Crippen LogP contribution in [-0.2, 0) is 22.7 Å². The number of nitrogens with zero attached hydrogens (tertiary/aromatic N) is 1. The van der Waals surface area contributed by atoms with E-state index in [-0.39, 0.29) is 17.7 Å². The fourth-order valence-corrected chi connectivity index (χ4v) is 4.28. The first-order chi connectivity index (χ1) is 14.5. The van der Waals surface area contributed by atoms with Crippen LogP contribution in [0.1, 0.15) is 43.7 Å². The fourth-order valence-electron chi connectivity index (χ4n) is 4.28. The van der Waals surface area contributed by atoms with Gasteiger partial charge in [-0.2, -0.15) is 0 Å². The zero-order valence-electron chi connectivity index (χ0n) is 17.5. The number of methoxy groups -OCH3 is 1. The summed E-state index contributed by atoms with van der Waals surface area (Å²) in [4.78, 5) is 27.2. The predicted molar refractivity (Wildman–Crippen MR) is 114 cm³/mol. The van der Waals surface area contributed by atoms with Crippen LogP contribution in [0, 0.1) is 5.92 Å². The third-order valence-electron chi connectivity index (χ3n) is 5.93. The minimum atomic E-state index is -0.583. The van der Waals surface area contributed by atoms with Crippen molar-refractivity contribution in [1.82, 2.24) is 4.90 Å². The molecule has 1 atom stereocenters. The summed E-state index contributed by atoms with van der Waals surface area (Å²) in [6, 6.07) is 13.3. The molecule has 1 fully saturated rings. The monoisotopic (exact) mass is 408 g/mol. The summed E-state index contributed by atoms with van der Waals surface area (Å²) in [5, 5.41) is 3.04. The maximum atomic E-state index is 12.9. The lowest BCUT2D eigenvalue weighted by molar-refractivity contribution is -0.138. The van der Waals surface area contributed by atoms with Crippen molar-refractivity contribution in [3.63, 3.8) is 0 Å². The second kappa shape index (κ2) is 8.78. The van der Waals surface area contributed by atoms with Crippen molar-refractivity contribution in [2.75, 3.05) is 12.4 Å². The van der Waals surface area contributed by atoms with E-state index < -0.39 is 6.10 Å². The van der Waals surface area contributed by atoms with Gasteiger partial charge in [-0.15, -0.1) is 0 Å². The molecule has 0 bridgehead atoms. The van der Waals surface area contributed by atoms with Crippen molar-refractivity contribution in [2.45, 2.75) is 51.8 Å². The molecular weight excluding hydrogens is 380 g/mol. The third kappa shape index (κ3) is 4.27. The van der Waals surface area contributed by atoms with E-state index in [2.05, 4.69) is 5.32 Å². The Hall–Kier alpha value is -3.02. The average Bonchev–Trinajstić information content (AvgIpc) is 3.26. The van der Waals surface area contributed by atoms with Gasteiger partial charge in [0.1, 0.15) is 11.5 Å². The van der Waals surface area contributed by atoms with Crippen molar-refractivity contribution < 1.29 is 19.1 Å². The number of hydrogen-bond donors (Lipinski definition) is 1. The summed E-state index contributed by atoms with van der Waals surface area (Å²) in [5.41, 5.74) is 2.56. The second-order valence-corrected chi connectivity index (χ2v) is 8.06. The minimum absolute atomic E-state index is 0.0753. The molecule has 158 valence electrons. The van der Waals surface area contributed by atoms with Crippen LogP contribution in [0.15, 0.2) is 42.5 Å². The van der Waals surface area contributed by atoms with Crippen LogP contribution in [0.2, 0.25) is 0 Å². The van der Waals surface area contributed by atoms with Gasteiger partial charge < -0.3 is 19.7 Å². The van der Waals surface area contributed by atoms with Gasteiger partial charge in [0.2, 0.25) is 5.91 Å². The number of benzene rings is 2. The molecule has 1 N–H and O–H groups in total. The molecule has 6 nitrogen and oxygen atoms in total. The molecule has 0 spiro atoms. The van der Waals surface area contributed by atoms with E-state index in [0.717, 1.165) is 48.2 Å². The van der Waals surface area contributed by atoms with Crippen molar-refractivity contribution in [3.8, 4) is 11.5 Å². The summed E-state index contributed by atoms with van der Waals surface area (Å²) < 4.78 is 11.4. The number of rotatable bonds is 5. The molecule has 2 aliphatic rings. The molecule has 4 rings (SSSR count). The van der Waals surface area contributed by atoms with E-state index in [0.29, 0.717) is 18.8 Å². The van der Waals surface area contributed by atoms with Crippen LogP contribution in [0.5, 0.6) is 11.5 Å². The third-order valence-corrected chi connectivity index (χ3v) is 5.93. The van der Waals surface area contributed by atoms with Gasteiger partial charge >= 0.3 is 0 Å². The molecule has 1 aliphatic heterocycles. The van der Waals surface area contributed by atoms with E-state index in [1.165, 1.54) is 0 Å². The van der Waals surface area contributed by atoms with Crippen LogP contribution >= 0.6 is 0 Å². The standard InChI is InChI=1S/C24H28N2O4/c1-16-24(28)26(14-18-9-5-6-10-21(18)29-2)15-19-13-20(11-12-22(19)30-16)25-23(27)17-7-3-4-8-17/h5-6,9-13,16-17H,3-4,7-8,14-15H2,1-2H3,(H,25,27). The Kier molecular flexibility index (Phi) is 5.93. The Morgan fingerprint density at radius 2 is 1.97 bits per heavy atom. The maximum Gasteiger partial charge on any atom is 0.263 e. The molecule has 1 aliphatic carbocycles. The summed E-state index contributed by atoms with van der Waals surface area (Å²) in [7, 11) is 1.63. The summed E-state index contributed by atoms with van der Waals surface area (Å²) in [6.45, 7) is 2.60. The van der Waals surface area contributed by atoms with Crippen LogP contribution in [0.25, 0.3) is 0 Å². The largest absolute Gasteiger partial charge is 0.496 e. The number of fused-ring (bicyclic) bond motifs is 1. The van der Waals surface area contributed by atoms with Gasteiger partial charge in [0.25, 0.3) is 5.91 Å². The Bertz CT molecular complexity index is 937. The Balaban J connectivity index is 1.56. The number of ether oxygens (including phenoxy) is 2. The molecule has 1 saturated carbocycles. The van der Waals surface area contributed by atoms with E-state index in [1.807, 2.05) is 42.5 Å². The van der Waals surface area contributed by atoms with Crippen molar-refractivity contribution in [3.05, 3.63) is 53.6 Å². The van der Waals surface area contributed by atoms with Crippen molar-refractivity contribution >= 4 is 17.5 Å². The van der Waals surface area contributed by atoms with Gasteiger partial charge in [-0.05, 0) is 44.0 Å². The number of hydrogen-bond acceptors (Lipinski definition) is 4. The first-order valence-corrected chi connectivity index (χ1v) is 10.6. The van der Waals surface area contributed by atoms with E-state index >= 15 is 0 Å². The average molecular weight is 408 g/mol. The van der Waals surface area contributed by atoms with E-state index in [1.54, 1.807) is 18.9 Å². The Morgan fingerprint density at radius 3 is 2.73 bits per heavy atom. The summed E-state index contributed by atoms with van der Waals surface area (Å²) >= 11 is 0. The van der Waals surface area contributed by atoms with Gasteiger partial charge in [0.15, 0.2) is 6.10 Å². The van der Waals surface area contributed by atoms with Gasteiger partial charge in [-0.3, -0.25) is 9.59 Å². The van der Waals surface area contributed by atoms with E-state index in [9.17, 15) is 9.59 Å². The van der Waals surface area contributed by atoms with Gasteiger partial charge in [0.05, 0.1) is 7.11 Å². The van der Waals surface area contributed by atoms with Gasteiger partial charge in [0, 0.05) is 35.8 Å². The highest BCUT2D eigenvalue weighted by Crippen LogP contribution is 2.31. The normalized spacial score (nSPS) is 19.1. The minimum Gasteiger partial charge on any atom is -0.496 e. The highest BCUT2D eigenvalue weighted by atomic mass is 16.5. The number of anilines is 1. The van der Waals surface area contributed by atoms with E-state index in [4.69, 9.17) is 9.47 Å². The Morgan fingerprint density at radius 1 is 1.20 bits per heavy atom. The molecule has 1 unspecified atom stereocenters. The molecule has 0 saturated heterocycles. The van der Waals surface area contributed by atoms with Crippen molar-refractivity contribution in [2.24, 2.45) is 5.92 Å². The quantitative estimate of drug-likeness (QED) is 0.808. The second-order valence-electron chi connectivity index (χ2n) is 8.06. The molecule has 30 heavy (non-hydrogen) atoms. The molecule has 0 radical (unpaired) electrons. The molecule has 2 aromatic carbocycles. The topological polar surface area (TPSA) is 67.9 Å². The number of para-hydroxylation sites is 1. The van der Waals surface area contributed by atoms with Crippen molar-refractivity contribution in [1.29, 1.82) is 0 Å². The summed E-state index contributed by atoms with van der Waals surface area (Å²) in [5.74, 6) is 1.54. The van der Waals surface area contributed by atoms with Gasteiger partial charge in [-0.1, -0.05) is 31.0 Å². The fraction of sp³-hybridized carbons (Fsp3) is 0.417. The first-order valence-electron chi connectivity index (χ1n) is 10.6. The lowest BCUT2D eigenvalue weighted by atomic mass is 10.1. The van der Waals surface area contributed by atoms with Crippen LogP contribution in [0.4, 0.5) is 5.69 Å². The molecule has 6 heteroatoms. The SMILES string of the molecule is COc1ccccc1CN1Cc2cc(NC(=O)C3CCCC3)ccc2OC(C)C1=O. The molecular formula is C24H28N2O4. The van der Waals surface area contributed by atoms with Crippen LogP contribution < -0.4 is 14.8 Å². The lowest BCUT2D eigenvalue weighted by Gasteiger charge is -2.23. The molecule has 2 amide bonds. The number of nitrogens with one attached hydrogen (secondary N) is 1. The molecule has 2 aromatic rings. The number of carbonyl (C=O) groups excluding carboxylic acids is 2. The van der Waals surface area contributed by atoms with Crippen LogP contribution in [-0.4, -0.2) is 29.9 Å². The number of amides is 2. The van der Waals surface area contributed by atoms with Gasteiger partial charge in [-0.25, -0.2) is 0 Å². The highest BCUT2D eigenvalue weighted by Gasteiger charge is 2.29. The van der Waals surface area contributed by atoms with Crippen LogP contribution in [0.3, 0.4) is 0 Å². The predicted octanol–water partition coefficient (Wildman–Crippen LogP) is 4.13. The smallest absolute Gasteiger partial charge is 0.263 e. The zero-order chi connectivity index (χ0) is 21.1.